The van der Waals surface area contributed by atoms with Crippen LogP contribution in [0.15, 0.2) is 30.6 Å². The Morgan fingerprint density at radius 1 is 1.41 bits per heavy atom. The third-order valence-electron chi connectivity index (χ3n) is 3.06. The molecule has 0 atom stereocenters. The fourth-order valence-corrected chi connectivity index (χ4v) is 1.97. The zero-order valence-electron chi connectivity index (χ0n) is 9.76. The van der Waals surface area contributed by atoms with Gasteiger partial charge < -0.3 is 10.5 Å². The van der Waals surface area contributed by atoms with E-state index in [1.165, 1.54) is 12.8 Å². The third-order valence-corrected chi connectivity index (χ3v) is 3.06. The molecule has 2 N–H and O–H groups in total. The zero-order valence-corrected chi connectivity index (χ0v) is 9.76. The first-order chi connectivity index (χ1) is 8.28. The van der Waals surface area contributed by atoms with Gasteiger partial charge in [0, 0.05) is 23.0 Å². The van der Waals surface area contributed by atoms with Crippen LogP contribution in [0.1, 0.15) is 18.9 Å². The quantitative estimate of drug-likeness (QED) is 0.822. The average molecular weight is 229 g/mol. The number of methoxy groups -OCH3 is 1. The maximum Gasteiger partial charge on any atom is 0.126 e. The van der Waals surface area contributed by atoms with Gasteiger partial charge in [-0.2, -0.15) is 5.10 Å². The number of benzene rings is 1. The molecule has 4 heteroatoms. The summed E-state index contributed by atoms with van der Waals surface area (Å²) in [5.74, 6) is 0.828. The van der Waals surface area contributed by atoms with E-state index >= 15 is 0 Å². The van der Waals surface area contributed by atoms with E-state index in [0.717, 1.165) is 22.6 Å². The smallest absolute Gasteiger partial charge is 0.126 e. The molecule has 0 radical (unpaired) electrons. The summed E-state index contributed by atoms with van der Waals surface area (Å²) in [7, 11) is 1.67. The SMILES string of the molecule is COc1ccc(N)cc1-c1cnn(C2CC2)c1. The molecule has 1 aromatic heterocycles. The summed E-state index contributed by atoms with van der Waals surface area (Å²) in [4.78, 5) is 0. The van der Waals surface area contributed by atoms with Crippen molar-refractivity contribution in [2.45, 2.75) is 18.9 Å². The van der Waals surface area contributed by atoms with Crippen molar-refractivity contribution >= 4 is 5.69 Å². The first-order valence-corrected chi connectivity index (χ1v) is 5.76. The van der Waals surface area contributed by atoms with E-state index in [0.29, 0.717) is 6.04 Å². The van der Waals surface area contributed by atoms with Crippen LogP contribution in [-0.2, 0) is 0 Å². The van der Waals surface area contributed by atoms with Crippen molar-refractivity contribution in [2.75, 3.05) is 12.8 Å². The third kappa shape index (κ3) is 1.86. The van der Waals surface area contributed by atoms with Gasteiger partial charge in [-0.05, 0) is 31.0 Å². The molecule has 0 bridgehead atoms. The standard InChI is InChI=1S/C13H15N3O/c1-17-13-5-2-10(14)6-12(13)9-7-15-16(8-9)11-3-4-11/h2,5-8,11H,3-4,14H2,1H3. The normalized spacial score (nSPS) is 14.9. The van der Waals surface area contributed by atoms with Gasteiger partial charge in [-0.1, -0.05) is 0 Å². The minimum atomic E-state index is 0.593. The minimum absolute atomic E-state index is 0.593. The Balaban J connectivity index is 2.03. The molecule has 17 heavy (non-hydrogen) atoms. The fraction of sp³-hybridized carbons (Fsp3) is 0.308. The van der Waals surface area contributed by atoms with Crippen molar-refractivity contribution < 1.29 is 4.74 Å². The number of hydrogen-bond donors (Lipinski definition) is 1. The molecule has 2 aromatic rings. The van der Waals surface area contributed by atoms with Crippen LogP contribution in [-0.4, -0.2) is 16.9 Å². The van der Waals surface area contributed by atoms with Crippen LogP contribution in [0.25, 0.3) is 11.1 Å². The lowest BCUT2D eigenvalue weighted by atomic mass is 10.1. The average Bonchev–Trinajstić information content (AvgIpc) is 3.07. The van der Waals surface area contributed by atoms with Crippen LogP contribution in [0.4, 0.5) is 5.69 Å². The second-order valence-corrected chi connectivity index (χ2v) is 4.40. The highest BCUT2D eigenvalue weighted by molar-refractivity contribution is 5.73. The van der Waals surface area contributed by atoms with Crippen molar-refractivity contribution in [3.8, 4) is 16.9 Å². The van der Waals surface area contributed by atoms with Crippen molar-refractivity contribution in [2.24, 2.45) is 0 Å². The lowest BCUT2D eigenvalue weighted by molar-refractivity contribution is 0.416. The molecule has 0 saturated heterocycles. The largest absolute Gasteiger partial charge is 0.496 e. The molecule has 1 aliphatic rings. The Kier molecular flexibility index (Phi) is 2.28. The number of aromatic nitrogens is 2. The van der Waals surface area contributed by atoms with Crippen LogP contribution in [0.5, 0.6) is 5.75 Å². The van der Waals surface area contributed by atoms with Crippen LogP contribution in [0, 0.1) is 0 Å². The number of nitrogens with zero attached hydrogens (tertiary/aromatic N) is 2. The molecule has 3 rings (SSSR count). The molecule has 0 unspecified atom stereocenters. The summed E-state index contributed by atoms with van der Waals surface area (Å²) in [6, 6.07) is 6.25. The van der Waals surface area contributed by atoms with Gasteiger partial charge in [0.1, 0.15) is 5.75 Å². The summed E-state index contributed by atoms with van der Waals surface area (Å²) < 4.78 is 7.37. The van der Waals surface area contributed by atoms with Crippen molar-refractivity contribution in [3.05, 3.63) is 30.6 Å². The van der Waals surface area contributed by atoms with Gasteiger partial charge in [0.05, 0.1) is 19.3 Å². The van der Waals surface area contributed by atoms with Gasteiger partial charge in [0.15, 0.2) is 0 Å². The molecule has 4 nitrogen and oxygen atoms in total. The number of hydrogen-bond acceptors (Lipinski definition) is 3. The molecule has 1 aromatic carbocycles. The van der Waals surface area contributed by atoms with Gasteiger partial charge in [-0.3, -0.25) is 4.68 Å². The first kappa shape index (κ1) is 10.2. The molecule has 0 spiro atoms. The van der Waals surface area contributed by atoms with Crippen molar-refractivity contribution in [3.63, 3.8) is 0 Å². The fourth-order valence-electron chi connectivity index (χ4n) is 1.97. The Labute approximate surface area is 100 Å². The molecular formula is C13H15N3O. The van der Waals surface area contributed by atoms with Crippen molar-refractivity contribution in [1.82, 2.24) is 9.78 Å². The van der Waals surface area contributed by atoms with Crippen LogP contribution in [0.2, 0.25) is 0 Å². The van der Waals surface area contributed by atoms with Gasteiger partial charge in [-0.15, -0.1) is 0 Å². The second-order valence-electron chi connectivity index (χ2n) is 4.40. The molecule has 0 amide bonds. The van der Waals surface area contributed by atoms with Crippen LogP contribution < -0.4 is 10.5 Å². The lowest BCUT2D eigenvalue weighted by Gasteiger charge is -2.07. The number of nitrogens with two attached hydrogens (primary N) is 1. The van der Waals surface area contributed by atoms with E-state index in [2.05, 4.69) is 11.3 Å². The summed E-state index contributed by atoms with van der Waals surface area (Å²) in [5.41, 5.74) is 8.61. The molecule has 1 heterocycles. The summed E-state index contributed by atoms with van der Waals surface area (Å²) in [6.45, 7) is 0. The molecule has 88 valence electrons. The van der Waals surface area contributed by atoms with E-state index in [1.54, 1.807) is 7.11 Å². The Morgan fingerprint density at radius 3 is 2.94 bits per heavy atom. The number of anilines is 1. The molecule has 1 aliphatic carbocycles. The molecule has 0 aliphatic heterocycles. The predicted molar refractivity (Wildman–Crippen MR) is 66.9 cm³/mol. The first-order valence-electron chi connectivity index (χ1n) is 5.76. The number of rotatable bonds is 3. The molecular weight excluding hydrogens is 214 g/mol. The summed E-state index contributed by atoms with van der Waals surface area (Å²) >= 11 is 0. The van der Waals surface area contributed by atoms with E-state index < -0.39 is 0 Å². The molecule has 1 fully saturated rings. The van der Waals surface area contributed by atoms with Gasteiger partial charge in [0.2, 0.25) is 0 Å². The highest BCUT2D eigenvalue weighted by Crippen LogP contribution is 2.37. The number of nitrogen functional groups attached to an aromatic ring is 1. The van der Waals surface area contributed by atoms with Crippen LogP contribution >= 0.6 is 0 Å². The zero-order chi connectivity index (χ0) is 11.8. The van der Waals surface area contributed by atoms with Crippen molar-refractivity contribution in [1.29, 1.82) is 0 Å². The topological polar surface area (TPSA) is 53.1 Å². The lowest BCUT2D eigenvalue weighted by Crippen LogP contribution is -1.92. The predicted octanol–water partition coefficient (Wildman–Crippen LogP) is 2.48. The monoisotopic (exact) mass is 229 g/mol. The van der Waals surface area contributed by atoms with E-state index in [1.807, 2.05) is 29.1 Å². The Bertz CT molecular complexity index is 543. The highest BCUT2D eigenvalue weighted by atomic mass is 16.5. The molecule has 1 saturated carbocycles. The van der Waals surface area contributed by atoms with Crippen LogP contribution in [0.3, 0.4) is 0 Å². The van der Waals surface area contributed by atoms with Gasteiger partial charge in [0.25, 0.3) is 0 Å². The maximum atomic E-state index is 5.82. The Hall–Kier alpha value is -1.97. The number of ether oxygens (including phenoxy) is 1. The summed E-state index contributed by atoms with van der Waals surface area (Å²) in [6.07, 6.45) is 6.40. The van der Waals surface area contributed by atoms with Gasteiger partial charge >= 0.3 is 0 Å². The second kappa shape index (κ2) is 3.80. The summed E-state index contributed by atoms with van der Waals surface area (Å²) in [5, 5.41) is 4.38. The maximum absolute atomic E-state index is 5.82. The highest BCUT2D eigenvalue weighted by Gasteiger charge is 2.24. The Morgan fingerprint density at radius 2 is 2.24 bits per heavy atom. The van der Waals surface area contributed by atoms with E-state index in [4.69, 9.17) is 10.5 Å². The van der Waals surface area contributed by atoms with E-state index in [9.17, 15) is 0 Å². The van der Waals surface area contributed by atoms with Gasteiger partial charge in [-0.25, -0.2) is 0 Å². The minimum Gasteiger partial charge on any atom is -0.496 e. The van der Waals surface area contributed by atoms with E-state index in [-0.39, 0.29) is 0 Å².